The number of allylic oxidation sites excluding steroid dienone is 1. The minimum Gasteiger partial charge on any atom is -0.507 e. The van der Waals surface area contributed by atoms with Crippen molar-refractivity contribution >= 4 is 5.57 Å². The summed E-state index contributed by atoms with van der Waals surface area (Å²) in [6.45, 7) is 6.62. The van der Waals surface area contributed by atoms with Crippen LogP contribution in [-0.2, 0) is 6.54 Å². The number of phenolic OH excluding ortho intramolecular Hbond substituents is 1. The molecule has 0 aliphatic heterocycles. The third-order valence-electron chi connectivity index (χ3n) is 2.47. The standard InChI is InChI=1S/C13H14N2O/c1-10-3-4-13(16)12(7-10)11(2)8-15-6-5-14-9-15/h3-7,9,16H,2,8H2,1H3. The molecule has 0 radical (unpaired) electrons. The van der Waals surface area contributed by atoms with E-state index < -0.39 is 0 Å². The minimum atomic E-state index is 0.274. The van der Waals surface area contributed by atoms with E-state index in [1.165, 1.54) is 0 Å². The Hall–Kier alpha value is -2.03. The maximum Gasteiger partial charge on any atom is 0.123 e. The zero-order valence-corrected chi connectivity index (χ0v) is 9.22. The summed E-state index contributed by atoms with van der Waals surface area (Å²) in [5, 5.41) is 9.75. The molecule has 0 aliphatic carbocycles. The second-order valence-electron chi connectivity index (χ2n) is 3.86. The topological polar surface area (TPSA) is 38.0 Å². The van der Waals surface area contributed by atoms with Gasteiger partial charge in [0, 0.05) is 24.5 Å². The van der Waals surface area contributed by atoms with Gasteiger partial charge in [-0.2, -0.15) is 0 Å². The molecule has 0 unspecified atom stereocenters. The number of benzene rings is 1. The second kappa shape index (κ2) is 4.23. The maximum absolute atomic E-state index is 9.75. The third kappa shape index (κ3) is 2.14. The largest absolute Gasteiger partial charge is 0.507 e. The summed E-state index contributed by atoms with van der Waals surface area (Å²) >= 11 is 0. The summed E-state index contributed by atoms with van der Waals surface area (Å²) in [6, 6.07) is 5.52. The number of imidazole rings is 1. The van der Waals surface area contributed by atoms with Gasteiger partial charge in [0.1, 0.15) is 5.75 Å². The number of aryl methyl sites for hydroxylation is 1. The van der Waals surface area contributed by atoms with Gasteiger partial charge in [0.05, 0.1) is 6.33 Å². The predicted molar refractivity (Wildman–Crippen MR) is 64.1 cm³/mol. The number of aromatic nitrogens is 2. The molecule has 0 atom stereocenters. The number of hydrogen-bond acceptors (Lipinski definition) is 2. The van der Waals surface area contributed by atoms with Crippen LogP contribution in [0.1, 0.15) is 11.1 Å². The van der Waals surface area contributed by atoms with Crippen LogP contribution >= 0.6 is 0 Å². The highest BCUT2D eigenvalue weighted by molar-refractivity contribution is 5.68. The first kappa shape index (κ1) is 10.5. The van der Waals surface area contributed by atoms with Crippen LogP contribution in [0.3, 0.4) is 0 Å². The Balaban J connectivity index is 2.24. The molecule has 3 heteroatoms. The van der Waals surface area contributed by atoms with Crippen LogP contribution in [0, 0.1) is 6.92 Å². The molecule has 0 aliphatic rings. The van der Waals surface area contributed by atoms with Crippen molar-refractivity contribution in [2.24, 2.45) is 0 Å². The summed E-state index contributed by atoms with van der Waals surface area (Å²) in [5.41, 5.74) is 2.78. The average Bonchev–Trinajstić information content (AvgIpc) is 2.74. The quantitative estimate of drug-likeness (QED) is 0.852. The summed E-state index contributed by atoms with van der Waals surface area (Å²) in [4.78, 5) is 3.97. The maximum atomic E-state index is 9.75. The Bertz CT molecular complexity index is 501. The fraction of sp³-hybridized carbons (Fsp3) is 0.154. The van der Waals surface area contributed by atoms with Gasteiger partial charge in [-0.25, -0.2) is 4.98 Å². The zero-order valence-electron chi connectivity index (χ0n) is 9.22. The van der Waals surface area contributed by atoms with E-state index in [1.54, 1.807) is 18.6 Å². The van der Waals surface area contributed by atoms with Crippen molar-refractivity contribution in [3.63, 3.8) is 0 Å². The van der Waals surface area contributed by atoms with Gasteiger partial charge in [0.15, 0.2) is 0 Å². The van der Waals surface area contributed by atoms with Gasteiger partial charge in [-0.3, -0.25) is 0 Å². The smallest absolute Gasteiger partial charge is 0.123 e. The van der Waals surface area contributed by atoms with Gasteiger partial charge in [0.25, 0.3) is 0 Å². The highest BCUT2D eigenvalue weighted by Gasteiger charge is 2.05. The SMILES string of the molecule is C=C(Cn1ccnc1)c1cc(C)ccc1O. The van der Waals surface area contributed by atoms with Crippen molar-refractivity contribution in [3.8, 4) is 5.75 Å². The highest BCUT2D eigenvalue weighted by atomic mass is 16.3. The number of hydrogen-bond donors (Lipinski definition) is 1. The number of nitrogens with zero attached hydrogens (tertiary/aromatic N) is 2. The van der Waals surface area contributed by atoms with Crippen molar-refractivity contribution in [2.45, 2.75) is 13.5 Å². The molecule has 16 heavy (non-hydrogen) atoms. The van der Waals surface area contributed by atoms with Crippen LogP contribution in [-0.4, -0.2) is 14.7 Å². The van der Waals surface area contributed by atoms with E-state index >= 15 is 0 Å². The molecule has 1 N–H and O–H groups in total. The fourth-order valence-electron chi connectivity index (χ4n) is 1.62. The molecule has 1 aromatic heterocycles. The van der Waals surface area contributed by atoms with E-state index in [0.29, 0.717) is 6.54 Å². The van der Waals surface area contributed by atoms with Gasteiger partial charge in [-0.05, 0) is 24.6 Å². The van der Waals surface area contributed by atoms with Gasteiger partial charge < -0.3 is 9.67 Å². The normalized spacial score (nSPS) is 10.3. The molecule has 0 spiro atoms. The molecule has 0 fully saturated rings. The van der Waals surface area contributed by atoms with E-state index in [2.05, 4.69) is 11.6 Å². The first-order valence-corrected chi connectivity index (χ1v) is 5.10. The summed E-state index contributed by atoms with van der Waals surface area (Å²) in [5.74, 6) is 0.274. The highest BCUT2D eigenvalue weighted by Crippen LogP contribution is 2.25. The Morgan fingerprint density at radius 3 is 3.00 bits per heavy atom. The molecule has 1 aromatic carbocycles. The molecule has 82 valence electrons. The molecule has 0 bridgehead atoms. The lowest BCUT2D eigenvalue weighted by molar-refractivity contribution is 0.473. The van der Waals surface area contributed by atoms with Crippen LogP contribution < -0.4 is 0 Å². The van der Waals surface area contributed by atoms with Gasteiger partial charge in [-0.15, -0.1) is 0 Å². The van der Waals surface area contributed by atoms with E-state index in [9.17, 15) is 5.11 Å². The Morgan fingerprint density at radius 2 is 2.31 bits per heavy atom. The Morgan fingerprint density at radius 1 is 1.50 bits per heavy atom. The molecule has 0 saturated heterocycles. The lowest BCUT2D eigenvalue weighted by atomic mass is 10.0. The van der Waals surface area contributed by atoms with Crippen LogP contribution in [0.15, 0.2) is 43.5 Å². The Labute approximate surface area is 94.7 Å². The molecule has 2 aromatic rings. The van der Waals surface area contributed by atoms with E-state index in [4.69, 9.17) is 0 Å². The van der Waals surface area contributed by atoms with Crippen molar-refractivity contribution in [2.75, 3.05) is 0 Å². The zero-order chi connectivity index (χ0) is 11.5. The monoisotopic (exact) mass is 214 g/mol. The summed E-state index contributed by atoms with van der Waals surface area (Å²) < 4.78 is 1.92. The number of phenols is 1. The first-order chi connectivity index (χ1) is 7.66. The molecule has 0 saturated carbocycles. The van der Waals surface area contributed by atoms with Crippen LogP contribution in [0.25, 0.3) is 5.57 Å². The lowest BCUT2D eigenvalue weighted by Crippen LogP contribution is -1.97. The van der Waals surface area contributed by atoms with Gasteiger partial charge >= 0.3 is 0 Å². The first-order valence-electron chi connectivity index (χ1n) is 5.10. The summed E-state index contributed by atoms with van der Waals surface area (Å²) in [6.07, 6.45) is 5.33. The number of rotatable bonds is 3. The molecule has 1 heterocycles. The predicted octanol–water partition coefficient (Wildman–Crippen LogP) is 2.61. The molecule has 2 rings (SSSR count). The Kier molecular flexibility index (Phi) is 2.77. The fourth-order valence-corrected chi connectivity index (χ4v) is 1.62. The molecular weight excluding hydrogens is 200 g/mol. The van der Waals surface area contributed by atoms with Crippen LogP contribution in [0.5, 0.6) is 5.75 Å². The van der Waals surface area contributed by atoms with Crippen LogP contribution in [0.2, 0.25) is 0 Å². The molecule has 0 amide bonds. The third-order valence-corrected chi connectivity index (χ3v) is 2.47. The van der Waals surface area contributed by atoms with Crippen molar-refractivity contribution in [1.29, 1.82) is 0 Å². The van der Waals surface area contributed by atoms with Gasteiger partial charge in [-0.1, -0.05) is 18.2 Å². The van der Waals surface area contributed by atoms with Crippen molar-refractivity contribution in [3.05, 3.63) is 54.6 Å². The number of aromatic hydroxyl groups is 1. The van der Waals surface area contributed by atoms with E-state index in [-0.39, 0.29) is 5.75 Å². The molecule has 3 nitrogen and oxygen atoms in total. The molecular formula is C13H14N2O. The lowest BCUT2D eigenvalue weighted by Gasteiger charge is -2.09. The van der Waals surface area contributed by atoms with Gasteiger partial charge in [0.2, 0.25) is 0 Å². The average molecular weight is 214 g/mol. The van der Waals surface area contributed by atoms with Crippen molar-refractivity contribution < 1.29 is 5.11 Å². The van der Waals surface area contributed by atoms with Crippen LogP contribution in [0.4, 0.5) is 0 Å². The van der Waals surface area contributed by atoms with E-state index in [0.717, 1.165) is 16.7 Å². The van der Waals surface area contributed by atoms with E-state index in [1.807, 2.05) is 29.8 Å². The summed E-state index contributed by atoms with van der Waals surface area (Å²) in [7, 11) is 0. The second-order valence-corrected chi connectivity index (χ2v) is 3.86. The minimum absolute atomic E-state index is 0.274. The van der Waals surface area contributed by atoms with Crippen molar-refractivity contribution in [1.82, 2.24) is 9.55 Å².